The first-order chi connectivity index (χ1) is 26.2. The monoisotopic (exact) mass is 968 g/mol. The molecule has 0 amide bonds. The number of ether oxygens (including phenoxy) is 1. The van der Waals surface area contributed by atoms with Gasteiger partial charge in [0, 0.05) is 48.1 Å². The Morgan fingerprint density at radius 2 is 1.11 bits per heavy atom. The molecule has 6 nitrogen and oxygen atoms in total. The van der Waals surface area contributed by atoms with Crippen LogP contribution in [0.25, 0.3) is 54.8 Å². The summed E-state index contributed by atoms with van der Waals surface area (Å²) < 4.78 is 5.47. The lowest BCUT2D eigenvalue weighted by atomic mass is 9.97. The number of thiazole rings is 2. The maximum absolute atomic E-state index is 12.0. The summed E-state index contributed by atoms with van der Waals surface area (Å²) in [6.45, 7) is 0. The topological polar surface area (TPSA) is 89.4 Å². The van der Waals surface area contributed by atoms with Crippen molar-refractivity contribution in [2.75, 3.05) is 7.11 Å². The Bertz CT molecular complexity index is 2610. The minimum Gasteiger partial charge on any atom is -0.478 e. The van der Waals surface area contributed by atoms with Crippen LogP contribution in [-0.4, -0.2) is 34.1 Å². The third-order valence-electron chi connectivity index (χ3n) is 7.84. The molecule has 0 atom stereocenters. The molecule has 0 aliphatic carbocycles. The normalized spacial score (nSPS) is 10.9. The predicted molar refractivity (Wildman–Crippen MR) is 232 cm³/mol. The molecule has 278 valence electrons. The Morgan fingerprint density at radius 1 is 0.600 bits per heavy atom. The van der Waals surface area contributed by atoms with Gasteiger partial charge in [-0.05, 0) is 76.1 Å². The van der Waals surface area contributed by atoms with Gasteiger partial charge in [0.2, 0.25) is 0 Å². The van der Waals surface area contributed by atoms with Crippen molar-refractivity contribution in [1.29, 1.82) is 0 Å². The molecule has 55 heavy (non-hydrogen) atoms. The highest BCUT2D eigenvalue weighted by molar-refractivity contribution is 9.10. The van der Waals surface area contributed by atoms with E-state index in [2.05, 4.69) is 25.9 Å². The zero-order valence-corrected chi connectivity index (χ0v) is 36.2. The number of aromatic nitrogens is 2. The number of carboxylic acids is 1. The van der Waals surface area contributed by atoms with E-state index >= 15 is 0 Å². The molecule has 0 bridgehead atoms. The number of methoxy groups -OCH3 is 1. The molecule has 0 fully saturated rings. The van der Waals surface area contributed by atoms with Gasteiger partial charge in [-0.15, -0.1) is 22.7 Å². The van der Waals surface area contributed by atoms with Crippen LogP contribution in [0.2, 0.25) is 35.2 Å². The van der Waals surface area contributed by atoms with Crippen LogP contribution in [-0.2, 0) is 4.74 Å². The fraction of sp³-hybridized carbons (Fsp3) is 0.0256. The molecule has 2 heterocycles. The average Bonchev–Trinajstić information content (AvgIpc) is 3.87. The molecule has 0 aliphatic heterocycles. The van der Waals surface area contributed by atoms with Crippen LogP contribution >= 0.6 is 120 Å². The van der Waals surface area contributed by atoms with Gasteiger partial charge in [0.1, 0.15) is 10.0 Å². The lowest BCUT2D eigenvalue weighted by Crippen LogP contribution is -2.02. The van der Waals surface area contributed by atoms with Crippen molar-refractivity contribution >= 4 is 132 Å². The second kappa shape index (κ2) is 17.9. The van der Waals surface area contributed by atoms with Crippen molar-refractivity contribution in [3.8, 4) is 54.8 Å². The van der Waals surface area contributed by atoms with E-state index in [4.69, 9.17) is 85.9 Å². The quantitative estimate of drug-likeness (QED) is 0.126. The van der Waals surface area contributed by atoms with Gasteiger partial charge in [0.25, 0.3) is 0 Å². The first-order valence-corrected chi connectivity index (χ1v) is 20.7. The molecule has 0 aliphatic rings. The summed E-state index contributed by atoms with van der Waals surface area (Å²) in [6.07, 6.45) is 0. The number of rotatable bonds is 7. The lowest BCUT2D eigenvalue weighted by Gasteiger charge is -2.11. The summed E-state index contributed by atoms with van der Waals surface area (Å²) in [5.74, 6) is -1.50. The minimum atomic E-state index is -1.11. The van der Waals surface area contributed by atoms with Crippen LogP contribution in [0.3, 0.4) is 0 Å². The standard InChI is InChI=1S/C22H10Cl5NO2S.C17H10BrCl2NO2S/c23-12-7-14(20(27)18(26)8-12)13-3-1-11(5-15(13)22(29)30)21-28-19(9-31-21)10-2-4-16(24)17(25)6-10;1-23-17(22)11-6-10(2-4-12(11)18)16-21-15(8-24-16)9-3-5-13(19)14(20)7-9/h1-9H,(H,29,30);2-8H,1H3. The minimum absolute atomic E-state index is 0.0593. The largest absolute Gasteiger partial charge is 0.478 e. The third kappa shape index (κ3) is 9.51. The summed E-state index contributed by atoms with van der Waals surface area (Å²) in [6, 6.07) is 24.2. The fourth-order valence-electron chi connectivity index (χ4n) is 5.15. The Balaban J connectivity index is 0.000000193. The molecule has 2 aromatic heterocycles. The molecule has 1 N–H and O–H groups in total. The number of nitrogens with zero attached hydrogens (tertiary/aromatic N) is 2. The second-order valence-electron chi connectivity index (χ2n) is 11.3. The highest BCUT2D eigenvalue weighted by atomic mass is 79.9. The van der Waals surface area contributed by atoms with Gasteiger partial charge in [-0.25, -0.2) is 19.6 Å². The summed E-state index contributed by atoms with van der Waals surface area (Å²) in [4.78, 5) is 33.1. The molecular formula is C39H20BrCl7N2O4S2. The third-order valence-corrected chi connectivity index (χ3v) is 12.8. The number of hydrogen-bond donors (Lipinski definition) is 1. The van der Waals surface area contributed by atoms with Gasteiger partial charge in [0.15, 0.2) is 0 Å². The lowest BCUT2D eigenvalue weighted by molar-refractivity contribution is 0.0598. The van der Waals surface area contributed by atoms with Crippen LogP contribution in [0.5, 0.6) is 0 Å². The van der Waals surface area contributed by atoms with Crippen LogP contribution in [0.4, 0.5) is 0 Å². The predicted octanol–water partition coefficient (Wildman–Crippen LogP) is 15.4. The molecule has 0 unspecified atom stereocenters. The molecule has 0 radical (unpaired) electrons. The molecule has 5 aromatic carbocycles. The summed E-state index contributed by atoms with van der Waals surface area (Å²) in [5, 5.41) is 17.8. The SMILES string of the molecule is COC(=O)c1cc(-c2nc(-c3ccc(Cl)c(Cl)c3)cs2)ccc1Br.O=C(O)c1cc(-c2nc(-c3ccc(Cl)c(Cl)c3)cs2)ccc1-c1cc(Cl)cc(Cl)c1Cl. The zero-order valence-electron chi connectivity index (χ0n) is 27.6. The number of benzene rings is 5. The maximum Gasteiger partial charge on any atom is 0.339 e. The smallest absolute Gasteiger partial charge is 0.339 e. The van der Waals surface area contributed by atoms with Crippen LogP contribution in [0, 0.1) is 0 Å². The Kier molecular flexibility index (Phi) is 13.5. The number of halogens is 8. The van der Waals surface area contributed by atoms with Gasteiger partial charge in [-0.1, -0.05) is 112 Å². The summed E-state index contributed by atoms with van der Waals surface area (Å²) in [5.41, 5.74) is 6.08. The molecule has 7 aromatic rings. The van der Waals surface area contributed by atoms with E-state index in [1.807, 2.05) is 35.0 Å². The van der Waals surface area contributed by atoms with E-state index in [0.29, 0.717) is 62.5 Å². The van der Waals surface area contributed by atoms with Crippen LogP contribution in [0.15, 0.2) is 100 Å². The number of carbonyl (C=O) groups is 2. The van der Waals surface area contributed by atoms with Crippen molar-refractivity contribution in [2.24, 2.45) is 0 Å². The van der Waals surface area contributed by atoms with Crippen molar-refractivity contribution in [2.45, 2.75) is 0 Å². The average molecular weight is 973 g/mol. The molecular weight excluding hydrogens is 953 g/mol. The molecule has 16 heteroatoms. The Morgan fingerprint density at radius 3 is 1.62 bits per heavy atom. The number of carboxylic acid groups (broad SMARTS) is 1. The van der Waals surface area contributed by atoms with E-state index in [1.54, 1.807) is 54.6 Å². The van der Waals surface area contributed by atoms with E-state index in [-0.39, 0.29) is 15.6 Å². The highest BCUT2D eigenvalue weighted by Crippen LogP contribution is 2.40. The van der Waals surface area contributed by atoms with Gasteiger partial charge < -0.3 is 9.84 Å². The van der Waals surface area contributed by atoms with Crippen LogP contribution in [0.1, 0.15) is 20.7 Å². The highest BCUT2D eigenvalue weighted by Gasteiger charge is 2.19. The molecule has 0 saturated carbocycles. The fourth-order valence-corrected chi connectivity index (χ4v) is 8.52. The van der Waals surface area contributed by atoms with E-state index in [0.717, 1.165) is 27.4 Å². The Hall–Kier alpha value is -3.19. The Labute approximate surface area is 366 Å². The maximum atomic E-state index is 12.0. The first kappa shape index (κ1) is 41.4. The van der Waals surface area contributed by atoms with Gasteiger partial charge in [-0.3, -0.25) is 0 Å². The second-order valence-corrected chi connectivity index (χ2v) is 16.8. The zero-order chi connectivity index (χ0) is 39.6. The van der Waals surface area contributed by atoms with Crippen molar-refractivity contribution in [3.63, 3.8) is 0 Å². The summed E-state index contributed by atoms with van der Waals surface area (Å²) in [7, 11) is 1.35. The summed E-state index contributed by atoms with van der Waals surface area (Å²) >= 11 is 48.9. The molecule has 0 saturated heterocycles. The van der Waals surface area contributed by atoms with Crippen molar-refractivity contribution in [1.82, 2.24) is 9.97 Å². The number of aromatic carboxylic acids is 1. The van der Waals surface area contributed by atoms with E-state index in [9.17, 15) is 14.7 Å². The van der Waals surface area contributed by atoms with Crippen molar-refractivity contribution < 1.29 is 19.4 Å². The number of hydrogen-bond acceptors (Lipinski definition) is 7. The van der Waals surface area contributed by atoms with Crippen LogP contribution < -0.4 is 0 Å². The van der Waals surface area contributed by atoms with E-state index < -0.39 is 11.9 Å². The van der Waals surface area contributed by atoms with Crippen molar-refractivity contribution in [3.05, 3.63) is 146 Å². The van der Waals surface area contributed by atoms with Gasteiger partial charge in [0.05, 0.1) is 59.8 Å². The number of carbonyl (C=O) groups excluding carboxylic acids is 1. The first-order valence-electron chi connectivity index (χ1n) is 15.5. The number of esters is 1. The van der Waals surface area contributed by atoms with E-state index in [1.165, 1.54) is 35.8 Å². The van der Waals surface area contributed by atoms with Gasteiger partial charge >= 0.3 is 11.9 Å². The molecule has 7 rings (SSSR count). The molecule has 0 spiro atoms. The van der Waals surface area contributed by atoms with Gasteiger partial charge in [-0.2, -0.15) is 0 Å².